The molecule has 2 aromatic rings. The van der Waals surface area contributed by atoms with Crippen LogP contribution in [0.1, 0.15) is 28.4 Å². The zero-order chi connectivity index (χ0) is 16.7. The van der Waals surface area contributed by atoms with Crippen molar-refractivity contribution in [2.75, 3.05) is 20.8 Å². The molecule has 23 heavy (non-hydrogen) atoms. The van der Waals surface area contributed by atoms with Gasteiger partial charge < -0.3 is 14.2 Å². The molecular formula is C19H20O4. The highest BCUT2D eigenvalue weighted by Crippen LogP contribution is 2.29. The Kier molecular flexibility index (Phi) is 5.80. The Balaban J connectivity index is 2.32. The summed E-state index contributed by atoms with van der Waals surface area (Å²) < 4.78 is 15.9. The van der Waals surface area contributed by atoms with E-state index in [0.29, 0.717) is 23.7 Å². The van der Waals surface area contributed by atoms with Crippen molar-refractivity contribution in [1.82, 2.24) is 0 Å². The minimum absolute atomic E-state index is 0.491. The number of ether oxygens (including phenoxy) is 3. The van der Waals surface area contributed by atoms with Gasteiger partial charge in [-0.1, -0.05) is 24.3 Å². The van der Waals surface area contributed by atoms with E-state index >= 15 is 0 Å². The first-order valence-electron chi connectivity index (χ1n) is 7.34. The van der Waals surface area contributed by atoms with E-state index < -0.39 is 0 Å². The average molecular weight is 312 g/mol. The molecule has 0 fully saturated rings. The summed E-state index contributed by atoms with van der Waals surface area (Å²) in [5, 5.41) is 0. The first kappa shape index (κ1) is 16.6. The Labute approximate surface area is 136 Å². The smallest absolute Gasteiger partial charge is 0.154 e. The van der Waals surface area contributed by atoms with Crippen LogP contribution in [0.4, 0.5) is 0 Å². The molecule has 0 unspecified atom stereocenters. The summed E-state index contributed by atoms with van der Waals surface area (Å²) in [5.41, 5.74) is 2.24. The third kappa shape index (κ3) is 4.13. The molecule has 2 aromatic carbocycles. The molecule has 2 rings (SSSR count). The first-order valence-corrected chi connectivity index (χ1v) is 7.34. The van der Waals surface area contributed by atoms with Gasteiger partial charge in [0.05, 0.1) is 26.4 Å². The fourth-order valence-corrected chi connectivity index (χ4v) is 2.20. The zero-order valence-corrected chi connectivity index (χ0v) is 13.5. The maximum absolute atomic E-state index is 11.4. The molecule has 0 aliphatic carbocycles. The van der Waals surface area contributed by atoms with Gasteiger partial charge in [0.1, 0.15) is 17.2 Å². The Bertz CT molecular complexity index is 687. The molecule has 0 aliphatic heterocycles. The van der Waals surface area contributed by atoms with E-state index in [1.165, 1.54) is 7.11 Å². The van der Waals surface area contributed by atoms with Crippen LogP contribution in [0.3, 0.4) is 0 Å². The molecule has 0 spiro atoms. The number of methoxy groups -OCH3 is 2. The second-order valence-electron chi connectivity index (χ2n) is 4.79. The molecule has 0 saturated heterocycles. The van der Waals surface area contributed by atoms with E-state index in [-0.39, 0.29) is 0 Å². The predicted molar refractivity (Wildman–Crippen MR) is 91.5 cm³/mol. The lowest BCUT2D eigenvalue weighted by atomic mass is 10.0. The first-order chi connectivity index (χ1) is 11.2. The summed E-state index contributed by atoms with van der Waals surface area (Å²) >= 11 is 0. The van der Waals surface area contributed by atoms with Gasteiger partial charge >= 0.3 is 0 Å². The van der Waals surface area contributed by atoms with E-state index in [1.54, 1.807) is 19.2 Å². The standard InChI is InChI=1S/C19H20O4/c1-4-23-16-9-6-14(7-10-16)5-8-15-11-17(21-2)12-19(22-3)18(15)13-20/h5-13H,4H2,1-3H3/b8-5+. The van der Waals surface area contributed by atoms with Crippen LogP contribution < -0.4 is 14.2 Å². The lowest BCUT2D eigenvalue weighted by Crippen LogP contribution is -1.96. The molecule has 0 radical (unpaired) electrons. The highest BCUT2D eigenvalue weighted by atomic mass is 16.5. The maximum Gasteiger partial charge on any atom is 0.154 e. The van der Waals surface area contributed by atoms with Gasteiger partial charge in [-0.3, -0.25) is 4.79 Å². The molecule has 120 valence electrons. The minimum atomic E-state index is 0.491. The van der Waals surface area contributed by atoms with Crippen LogP contribution in [0, 0.1) is 0 Å². The van der Waals surface area contributed by atoms with Crippen LogP contribution in [-0.4, -0.2) is 27.1 Å². The largest absolute Gasteiger partial charge is 0.497 e. The van der Waals surface area contributed by atoms with E-state index in [2.05, 4.69) is 0 Å². The van der Waals surface area contributed by atoms with Crippen LogP contribution in [0.2, 0.25) is 0 Å². The monoisotopic (exact) mass is 312 g/mol. The van der Waals surface area contributed by atoms with Gasteiger partial charge in [0.15, 0.2) is 6.29 Å². The highest BCUT2D eigenvalue weighted by molar-refractivity contribution is 5.89. The number of rotatable bonds is 7. The van der Waals surface area contributed by atoms with Crippen molar-refractivity contribution in [2.45, 2.75) is 6.92 Å². The minimum Gasteiger partial charge on any atom is -0.497 e. The van der Waals surface area contributed by atoms with Gasteiger partial charge in [-0.15, -0.1) is 0 Å². The predicted octanol–water partition coefficient (Wildman–Crippen LogP) is 4.09. The van der Waals surface area contributed by atoms with Gasteiger partial charge in [-0.05, 0) is 36.2 Å². The second kappa shape index (κ2) is 8.03. The van der Waals surface area contributed by atoms with Gasteiger partial charge in [0.2, 0.25) is 0 Å². The van der Waals surface area contributed by atoms with Gasteiger partial charge in [0, 0.05) is 6.07 Å². The number of carbonyl (C=O) groups excluding carboxylic acids is 1. The van der Waals surface area contributed by atoms with E-state index in [0.717, 1.165) is 23.2 Å². The number of hydrogen-bond donors (Lipinski definition) is 0. The van der Waals surface area contributed by atoms with Crippen molar-refractivity contribution in [1.29, 1.82) is 0 Å². The summed E-state index contributed by atoms with van der Waals surface area (Å²) in [7, 11) is 3.11. The summed E-state index contributed by atoms with van der Waals surface area (Å²) in [6.07, 6.45) is 4.58. The van der Waals surface area contributed by atoms with Gasteiger partial charge in [-0.2, -0.15) is 0 Å². The fraction of sp³-hybridized carbons (Fsp3) is 0.211. The van der Waals surface area contributed by atoms with Crippen LogP contribution in [0.15, 0.2) is 36.4 Å². The van der Waals surface area contributed by atoms with Gasteiger partial charge in [-0.25, -0.2) is 0 Å². The van der Waals surface area contributed by atoms with Crippen molar-refractivity contribution < 1.29 is 19.0 Å². The molecule has 0 aromatic heterocycles. The van der Waals surface area contributed by atoms with Gasteiger partial charge in [0.25, 0.3) is 0 Å². The number of carbonyl (C=O) groups is 1. The normalized spacial score (nSPS) is 10.6. The van der Waals surface area contributed by atoms with Crippen molar-refractivity contribution in [3.05, 3.63) is 53.1 Å². The lowest BCUT2D eigenvalue weighted by Gasteiger charge is -2.10. The van der Waals surface area contributed by atoms with Crippen molar-refractivity contribution in [3.63, 3.8) is 0 Å². The quantitative estimate of drug-likeness (QED) is 0.571. The zero-order valence-electron chi connectivity index (χ0n) is 13.5. The Morgan fingerprint density at radius 1 is 0.957 bits per heavy atom. The number of aldehydes is 1. The summed E-state index contributed by atoms with van der Waals surface area (Å²) in [6, 6.07) is 11.2. The molecular weight excluding hydrogens is 292 g/mol. The molecule has 4 nitrogen and oxygen atoms in total. The number of benzene rings is 2. The van der Waals surface area contributed by atoms with Crippen molar-refractivity contribution >= 4 is 18.4 Å². The molecule has 0 bridgehead atoms. The van der Waals surface area contributed by atoms with Crippen LogP contribution in [-0.2, 0) is 0 Å². The molecule has 0 amide bonds. The third-order valence-electron chi connectivity index (χ3n) is 3.37. The molecule has 4 heteroatoms. The van der Waals surface area contributed by atoms with Crippen LogP contribution in [0.25, 0.3) is 12.2 Å². The van der Waals surface area contributed by atoms with Crippen LogP contribution >= 0.6 is 0 Å². The topological polar surface area (TPSA) is 44.8 Å². The fourth-order valence-electron chi connectivity index (χ4n) is 2.20. The molecule has 0 saturated carbocycles. The molecule has 0 atom stereocenters. The molecule has 0 N–H and O–H groups in total. The number of hydrogen-bond acceptors (Lipinski definition) is 4. The second-order valence-corrected chi connectivity index (χ2v) is 4.79. The van der Waals surface area contributed by atoms with Crippen molar-refractivity contribution in [2.24, 2.45) is 0 Å². The third-order valence-corrected chi connectivity index (χ3v) is 3.37. The van der Waals surface area contributed by atoms with Crippen molar-refractivity contribution in [3.8, 4) is 17.2 Å². The Hall–Kier alpha value is -2.75. The SMILES string of the molecule is CCOc1ccc(/C=C/c2cc(OC)cc(OC)c2C=O)cc1. The molecule has 0 aliphatic rings. The van der Waals surface area contributed by atoms with Crippen LogP contribution in [0.5, 0.6) is 17.2 Å². The maximum atomic E-state index is 11.4. The summed E-state index contributed by atoms with van der Waals surface area (Å²) in [6.45, 7) is 2.59. The Morgan fingerprint density at radius 3 is 2.26 bits per heavy atom. The lowest BCUT2D eigenvalue weighted by molar-refractivity contribution is 0.112. The van der Waals surface area contributed by atoms with E-state index in [4.69, 9.17) is 14.2 Å². The highest BCUT2D eigenvalue weighted by Gasteiger charge is 2.09. The summed E-state index contributed by atoms with van der Waals surface area (Å²) in [4.78, 5) is 11.4. The summed E-state index contributed by atoms with van der Waals surface area (Å²) in [5.74, 6) is 1.96. The molecule has 0 heterocycles. The Morgan fingerprint density at radius 2 is 1.70 bits per heavy atom. The van der Waals surface area contributed by atoms with E-state index in [1.807, 2.05) is 43.3 Å². The van der Waals surface area contributed by atoms with E-state index in [9.17, 15) is 4.79 Å². The average Bonchev–Trinajstić information content (AvgIpc) is 2.60.